The van der Waals surface area contributed by atoms with Crippen LogP contribution in [0.15, 0.2) is 0 Å². The molecule has 1 atom stereocenters. The standard InChI is InChI=1S/C7H13NS/c1-3-5-7(8)6-9-4-2/h1,7H,4-6,8H2,2H3. The molecule has 0 aromatic heterocycles. The first-order valence-electron chi connectivity index (χ1n) is 3.08. The summed E-state index contributed by atoms with van der Waals surface area (Å²) in [4.78, 5) is 0. The fraction of sp³-hybridized carbons (Fsp3) is 0.714. The van der Waals surface area contributed by atoms with Gasteiger partial charge in [-0.25, -0.2) is 0 Å². The normalized spacial score (nSPS) is 12.6. The van der Waals surface area contributed by atoms with Gasteiger partial charge < -0.3 is 5.73 Å². The Morgan fingerprint density at radius 1 is 1.78 bits per heavy atom. The van der Waals surface area contributed by atoms with E-state index in [1.807, 2.05) is 11.8 Å². The van der Waals surface area contributed by atoms with Gasteiger partial charge in [-0.2, -0.15) is 11.8 Å². The number of hydrogen-bond acceptors (Lipinski definition) is 2. The molecule has 0 aliphatic rings. The molecule has 0 aromatic carbocycles. The Labute approximate surface area is 61.4 Å². The number of nitrogens with two attached hydrogens (primary N) is 1. The van der Waals surface area contributed by atoms with Crippen LogP contribution in [0.4, 0.5) is 0 Å². The van der Waals surface area contributed by atoms with Gasteiger partial charge >= 0.3 is 0 Å². The van der Waals surface area contributed by atoms with Gasteiger partial charge in [0.1, 0.15) is 0 Å². The van der Waals surface area contributed by atoms with Crippen molar-refractivity contribution in [2.75, 3.05) is 11.5 Å². The van der Waals surface area contributed by atoms with E-state index in [1.165, 1.54) is 0 Å². The molecular weight excluding hydrogens is 130 g/mol. The predicted molar refractivity (Wildman–Crippen MR) is 44.4 cm³/mol. The molecule has 2 N–H and O–H groups in total. The van der Waals surface area contributed by atoms with Crippen molar-refractivity contribution in [2.45, 2.75) is 19.4 Å². The molecule has 0 saturated carbocycles. The fourth-order valence-corrected chi connectivity index (χ4v) is 1.14. The Morgan fingerprint density at radius 2 is 2.44 bits per heavy atom. The second kappa shape index (κ2) is 6.00. The molecule has 52 valence electrons. The maximum Gasteiger partial charge on any atom is 0.0246 e. The van der Waals surface area contributed by atoms with Crippen LogP contribution >= 0.6 is 11.8 Å². The van der Waals surface area contributed by atoms with Crippen molar-refractivity contribution in [1.82, 2.24) is 0 Å². The zero-order valence-electron chi connectivity index (χ0n) is 5.76. The molecule has 0 aliphatic carbocycles. The SMILES string of the molecule is C#CCC(N)CSCC. The molecule has 0 aromatic rings. The third-order valence-electron chi connectivity index (χ3n) is 0.916. The Balaban J connectivity index is 3.08. The van der Waals surface area contributed by atoms with E-state index in [0.29, 0.717) is 6.42 Å². The lowest BCUT2D eigenvalue weighted by molar-refractivity contribution is 0.783. The topological polar surface area (TPSA) is 26.0 Å². The van der Waals surface area contributed by atoms with Crippen molar-refractivity contribution in [2.24, 2.45) is 5.73 Å². The molecule has 0 heterocycles. The summed E-state index contributed by atoms with van der Waals surface area (Å²) in [6.45, 7) is 2.12. The summed E-state index contributed by atoms with van der Waals surface area (Å²) in [6.07, 6.45) is 5.76. The van der Waals surface area contributed by atoms with Crippen LogP contribution in [-0.4, -0.2) is 17.5 Å². The predicted octanol–water partition coefficient (Wildman–Crippen LogP) is 1.09. The van der Waals surface area contributed by atoms with Crippen LogP contribution in [0, 0.1) is 12.3 Å². The zero-order valence-corrected chi connectivity index (χ0v) is 6.58. The van der Waals surface area contributed by atoms with E-state index >= 15 is 0 Å². The average molecular weight is 143 g/mol. The van der Waals surface area contributed by atoms with Crippen LogP contribution in [0.5, 0.6) is 0 Å². The van der Waals surface area contributed by atoms with Crippen LogP contribution < -0.4 is 5.73 Å². The van der Waals surface area contributed by atoms with Gasteiger partial charge in [0.2, 0.25) is 0 Å². The van der Waals surface area contributed by atoms with Crippen LogP contribution in [-0.2, 0) is 0 Å². The summed E-state index contributed by atoms with van der Waals surface area (Å²) in [5.41, 5.74) is 5.61. The van der Waals surface area contributed by atoms with E-state index in [-0.39, 0.29) is 6.04 Å². The van der Waals surface area contributed by atoms with E-state index in [0.717, 1.165) is 11.5 Å². The molecule has 0 radical (unpaired) electrons. The minimum Gasteiger partial charge on any atom is -0.326 e. The van der Waals surface area contributed by atoms with Crippen molar-refractivity contribution in [3.63, 3.8) is 0 Å². The maximum absolute atomic E-state index is 5.61. The quantitative estimate of drug-likeness (QED) is 0.596. The first kappa shape index (κ1) is 8.87. The molecule has 0 rings (SSSR count). The largest absolute Gasteiger partial charge is 0.326 e. The highest BCUT2D eigenvalue weighted by Crippen LogP contribution is 2.01. The van der Waals surface area contributed by atoms with Crippen molar-refractivity contribution < 1.29 is 0 Å². The molecule has 0 saturated heterocycles. The fourth-order valence-electron chi connectivity index (χ4n) is 0.480. The molecule has 0 bridgehead atoms. The summed E-state index contributed by atoms with van der Waals surface area (Å²) in [6, 6.07) is 0.194. The molecule has 1 unspecified atom stereocenters. The maximum atomic E-state index is 5.61. The number of terminal acetylenes is 1. The van der Waals surface area contributed by atoms with Gasteiger partial charge in [0, 0.05) is 18.2 Å². The second-order valence-corrected chi connectivity index (χ2v) is 3.15. The van der Waals surface area contributed by atoms with Gasteiger partial charge in [-0.3, -0.25) is 0 Å². The zero-order chi connectivity index (χ0) is 7.11. The van der Waals surface area contributed by atoms with Gasteiger partial charge in [-0.1, -0.05) is 6.92 Å². The highest BCUT2D eigenvalue weighted by molar-refractivity contribution is 7.99. The highest BCUT2D eigenvalue weighted by atomic mass is 32.2. The molecule has 1 nitrogen and oxygen atoms in total. The van der Waals surface area contributed by atoms with E-state index in [4.69, 9.17) is 12.2 Å². The van der Waals surface area contributed by atoms with E-state index in [2.05, 4.69) is 12.8 Å². The van der Waals surface area contributed by atoms with E-state index in [9.17, 15) is 0 Å². The second-order valence-electron chi connectivity index (χ2n) is 1.83. The lowest BCUT2D eigenvalue weighted by Crippen LogP contribution is -2.21. The van der Waals surface area contributed by atoms with Gasteiger partial charge in [-0.05, 0) is 5.75 Å². The minimum absolute atomic E-state index is 0.194. The van der Waals surface area contributed by atoms with Gasteiger partial charge in [0.15, 0.2) is 0 Å². The lowest BCUT2D eigenvalue weighted by atomic mass is 10.3. The van der Waals surface area contributed by atoms with Gasteiger partial charge in [0.25, 0.3) is 0 Å². The van der Waals surface area contributed by atoms with Crippen molar-refractivity contribution in [3.05, 3.63) is 0 Å². The van der Waals surface area contributed by atoms with Crippen molar-refractivity contribution >= 4 is 11.8 Å². The molecule has 0 amide bonds. The molecule has 9 heavy (non-hydrogen) atoms. The first-order chi connectivity index (χ1) is 4.31. The number of thioether (sulfide) groups is 1. The third-order valence-corrected chi connectivity index (χ3v) is 1.99. The third kappa shape index (κ3) is 5.75. The van der Waals surface area contributed by atoms with E-state index in [1.54, 1.807) is 0 Å². The Bertz CT molecular complexity index is 95.6. The Kier molecular flexibility index (Phi) is 5.91. The summed E-state index contributed by atoms with van der Waals surface area (Å²) in [7, 11) is 0. The molecule has 0 fully saturated rings. The van der Waals surface area contributed by atoms with Crippen molar-refractivity contribution in [3.8, 4) is 12.3 Å². The highest BCUT2D eigenvalue weighted by Gasteiger charge is 1.97. The smallest absolute Gasteiger partial charge is 0.0246 e. The van der Waals surface area contributed by atoms with E-state index < -0.39 is 0 Å². The molecule has 0 spiro atoms. The Hall–Kier alpha value is -0.130. The summed E-state index contributed by atoms with van der Waals surface area (Å²) >= 11 is 1.84. The molecular formula is C7H13NS. The van der Waals surface area contributed by atoms with Gasteiger partial charge in [0.05, 0.1) is 0 Å². The summed E-state index contributed by atoms with van der Waals surface area (Å²) in [5, 5.41) is 0. The monoisotopic (exact) mass is 143 g/mol. The summed E-state index contributed by atoms with van der Waals surface area (Å²) in [5.74, 6) is 4.65. The number of hydrogen-bond donors (Lipinski definition) is 1. The van der Waals surface area contributed by atoms with Crippen LogP contribution in [0.25, 0.3) is 0 Å². The average Bonchev–Trinajstić information content (AvgIpc) is 1.85. The minimum atomic E-state index is 0.194. The lowest BCUT2D eigenvalue weighted by Gasteiger charge is -2.04. The molecule has 0 aliphatic heterocycles. The molecule has 2 heteroatoms. The van der Waals surface area contributed by atoms with Crippen LogP contribution in [0.2, 0.25) is 0 Å². The summed E-state index contributed by atoms with van der Waals surface area (Å²) < 4.78 is 0. The Morgan fingerprint density at radius 3 is 2.89 bits per heavy atom. The first-order valence-corrected chi connectivity index (χ1v) is 4.23. The van der Waals surface area contributed by atoms with Crippen LogP contribution in [0.3, 0.4) is 0 Å². The van der Waals surface area contributed by atoms with Crippen LogP contribution in [0.1, 0.15) is 13.3 Å². The number of rotatable bonds is 4. The van der Waals surface area contributed by atoms with Gasteiger partial charge in [-0.15, -0.1) is 12.3 Å². The van der Waals surface area contributed by atoms with Crippen molar-refractivity contribution in [1.29, 1.82) is 0 Å².